The summed E-state index contributed by atoms with van der Waals surface area (Å²) in [7, 11) is 0. The summed E-state index contributed by atoms with van der Waals surface area (Å²) in [5, 5.41) is 0.319. The molecule has 0 bridgehead atoms. The highest BCUT2D eigenvalue weighted by molar-refractivity contribution is 8.18. The van der Waals surface area contributed by atoms with E-state index in [-0.39, 0.29) is 5.91 Å². The second kappa shape index (κ2) is 4.75. The molecule has 0 radical (unpaired) electrons. The molecule has 1 aliphatic rings. The van der Waals surface area contributed by atoms with E-state index in [1.165, 1.54) is 17.3 Å². The highest BCUT2D eigenvalue weighted by atomic mass is 32.2. The summed E-state index contributed by atoms with van der Waals surface area (Å²) >= 11 is 1.22. The topological polar surface area (TPSA) is 55.4 Å². The maximum Gasteiger partial charge on any atom is 0.286 e. The zero-order chi connectivity index (χ0) is 12.4. The molecule has 1 aromatic rings. The van der Waals surface area contributed by atoms with Gasteiger partial charge in [-0.2, -0.15) is 4.99 Å². The van der Waals surface area contributed by atoms with Crippen LogP contribution in [0.3, 0.4) is 0 Å². The summed E-state index contributed by atoms with van der Waals surface area (Å²) in [4.78, 5) is 15.7. The Morgan fingerprint density at radius 3 is 2.41 bits per heavy atom. The molecule has 1 aromatic carbocycles. The predicted octanol–water partition coefficient (Wildman–Crippen LogP) is 2.74. The minimum absolute atomic E-state index is 0.250. The molecule has 1 aliphatic heterocycles. The largest absolute Gasteiger partial charge is 0.378 e. The molecule has 88 valence electrons. The van der Waals surface area contributed by atoms with Crippen molar-refractivity contribution in [2.45, 2.75) is 19.8 Å². The molecule has 0 fully saturated rings. The van der Waals surface area contributed by atoms with Crippen LogP contribution in [0.1, 0.15) is 30.9 Å². The van der Waals surface area contributed by atoms with Crippen LogP contribution in [0.5, 0.6) is 0 Å². The van der Waals surface area contributed by atoms with Gasteiger partial charge >= 0.3 is 0 Å². The number of aliphatic imine (C=N–C) groups is 1. The summed E-state index contributed by atoms with van der Waals surface area (Å²) in [5.74, 6) is 0.263. The van der Waals surface area contributed by atoms with Crippen molar-refractivity contribution < 1.29 is 4.79 Å². The molecule has 0 atom stereocenters. The lowest BCUT2D eigenvalue weighted by Crippen LogP contribution is -2.01. The van der Waals surface area contributed by atoms with Gasteiger partial charge in [-0.25, -0.2) is 0 Å². The van der Waals surface area contributed by atoms with Crippen molar-refractivity contribution in [3.8, 4) is 0 Å². The third-order valence-corrected chi connectivity index (χ3v) is 3.35. The first-order chi connectivity index (χ1) is 8.06. The molecule has 2 N–H and O–H groups in total. The summed E-state index contributed by atoms with van der Waals surface area (Å²) in [5.41, 5.74) is 7.77. The number of rotatable bonds is 2. The Labute approximate surface area is 105 Å². The molecule has 4 heteroatoms. The molecule has 0 spiro atoms. The van der Waals surface area contributed by atoms with E-state index in [1.807, 2.05) is 18.2 Å². The molecule has 1 heterocycles. The molecule has 0 aromatic heterocycles. The van der Waals surface area contributed by atoms with Crippen LogP contribution in [0.15, 0.2) is 34.2 Å². The Bertz CT molecular complexity index is 501. The Balaban J connectivity index is 2.20. The normalized spacial score (nSPS) is 17.9. The summed E-state index contributed by atoms with van der Waals surface area (Å²) in [6.45, 7) is 4.30. The Hall–Kier alpha value is -1.55. The fourth-order valence-corrected chi connectivity index (χ4v) is 2.24. The molecule has 0 aliphatic carbocycles. The lowest BCUT2D eigenvalue weighted by atomic mass is 10.0. The van der Waals surface area contributed by atoms with Crippen LogP contribution in [0.25, 0.3) is 6.08 Å². The van der Waals surface area contributed by atoms with E-state index in [0.717, 1.165) is 5.56 Å². The van der Waals surface area contributed by atoms with E-state index in [2.05, 4.69) is 31.0 Å². The van der Waals surface area contributed by atoms with Crippen LogP contribution in [-0.2, 0) is 4.79 Å². The molecule has 0 unspecified atom stereocenters. The quantitative estimate of drug-likeness (QED) is 0.816. The van der Waals surface area contributed by atoms with E-state index in [1.54, 1.807) is 0 Å². The lowest BCUT2D eigenvalue weighted by Gasteiger charge is -2.04. The molecule has 17 heavy (non-hydrogen) atoms. The van der Waals surface area contributed by atoms with Gasteiger partial charge in [-0.1, -0.05) is 38.1 Å². The maximum atomic E-state index is 11.4. The number of nitrogens with zero attached hydrogens (tertiary/aromatic N) is 1. The van der Waals surface area contributed by atoms with Crippen LogP contribution in [0.2, 0.25) is 0 Å². The lowest BCUT2D eigenvalue weighted by molar-refractivity contribution is -0.113. The Kier molecular flexibility index (Phi) is 3.33. The van der Waals surface area contributed by atoms with Gasteiger partial charge in [0.2, 0.25) is 0 Å². The third-order valence-electron chi connectivity index (χ3n) is 2.54. The van der Waals surface area contributed by atoms with Crippen LogP contribution in [0.4, 0.5) is 0 Å². The van der Waals surface area contributed by atoms with E-state index < -0.39 is 0 Å². The zero-order valence-electron chi connectivity index (χ0n) is 9.81. The number of amides is 1. The SMILES string of the molecule is CC(C)c1ccc(C=C2SC(N)=NC2=O)cc1. The number of nitrogens with two attached hydrogens (primary N) is 1. The number of thioether (sulfide) groups is 1. The highest BCUT2D eigenvalue weighted by Gasteiger charge is 2.19. The highest BCUT2D eigenvalue weighted by Crippen LogP contribution is 2.26. The predicted molar refractivity (Wildman–Crippen MR) is 72.7 cm³/mol. The van der Waals surface area contributed by atoms with Crippen molar-refractivity contribution in [2.24, 2.45) is 10.7 Å². The Morgan fingerprint density at radius 1 is 1.29 bits per heavy atom. The minimum Gasteiger partial charge on any atom is -0.378 e. The van der Waals surface area contributed by atoms with Crippen molar-refractivity contribution in [3.05, 3.63) is 40.3 Å². The van der Waals surface area contributed by atoms with E-state index in [4.69, 9.17) is 5.73 Å². The molecule has 0 saturated carbocycles. The number of carbonyl (C=O) groups is 1. The van der Waals surface area contributed by atoms with Crippen LogP contribution < -0.4 is 5.73 Å². The van der Waals surface area contributed by atoms with E-state index in [9.17, 15) is 4.79 Å². The van der Waals surface area contributed by atoms with Gasteiger partial charge in [0.15, 0.2) is 5.17 Å². The van der Waals surface area contributed by atoms with Crippen LogP contribution in [-0.4, -0.2) is 11.1 Å². The van der Waals surface area contributed by atoms with Gasteiger partial charge in [-0.3, -0.25) is 4.79 Å². The molecule has 2 rings (SSSR count). The second-order valence-corrected chi connectivity index (χ2v) is 5.25. The first-order valence-electron chi connectivity index (χ1n) is 5.44. The van der Waals surface area contributed by atoms with Gasteiger partial charge < -0.3 is 5.73 Å². The average molecular weight is 246 g/mol. The maximum absolute atomic E-state index is 11.4. The number of hydrogen-bond donors (Lipinski definition) is 1. The smallest absolute Gasteiger partial charge is 0.286 e. The summed E-state index contributed by atoms with van der Waals surface area (Å²) in [6, 6.07) is 8.16. The van der Waals surface area contributed by atoms with Crippen molar-refractivity contribution in [3.63, 3.8) is 0 Å². The molecular weight excluding hydrogens is 232 g/mol. The van der Waals surface area contributed by atoms with Gasteiger partial charge in [-0.15, -0.1) is 0 Å². The fourth-order valence-electron chi connectivity index (χ4n) is 1.55. The van der Waals surface area contributed by atoms with Crippen LogP contribution >= 0.6 is 11.8 Å². The average Bonchev–Trinajstić information content (AvgIpc) is 2.58. The van der Waals surface area contributed by atoms with Gasteiger partial charge in [0.25, 0.3) is 5.91 Å². The van der Waals surface area contributed by atoms with Crippen molar-refractivity contribution in [1.29, 1.82) is 0 Å². The van der Waals surface area contributed by atoms with Gasteiger partial charge in [0.05, 0.1) is 4.91 Å². The Morgan fingerprint density at radius 2 is 1.94 bits per heavy atom. The standard InChI is InChI=1S/C13H14N2OS/c1-8(2)10-5-3-9(4-6-10)7-11-12(16)15-13(14)17-11/h3-8H,1-2H3,(H2,14,15,16). The summed E-state index contributed by atoms with van der Waals surface area (Å²) < 4.78 is 0. The second-order valence-electron chi connectivity index (χ2n) is 4.19. The fraction of sp³-hybridized carbons (Fsp3) is 0.231. The van der Waals surface area contributed by atoms with Gasteiger partial charge in [0.1, 0.15) is 0 Å². The van der Waals surface area contributed by atoms with Crippen LogP contribution in [0, 0.1) is 0 Å². The summed E-state index contributed by atoms with van der Waals surface area (Å²) in [6.07, 6.45) is 1.82. The number of hydrogen-bond acceptors (Lipinski definition) is 3. The first-order valence-corrected chi connectivity index (χ1v) is 6.26. The van der Waals surface area contributed by atoms with E-state index >= 15 is 0 Å². The van der Waals surface area contributed by atoms with Gasteiger partial charge in [-0.05, 0) is 34.9 Å². The van der Waals surface area contributed by atoms with Crippen molar-refractivity contribution in [1.82, 2.24) is 0 Å². The monoisotopic (exact) mass is 246 g/mol. The van der Waals surface area contributed by atoms with Crippen molar-refractivity contribution >= 4 is 28.9 Å². The molecule has 1 amide bonds. The minimum atomic E-state index is -0.250. The van der Waals surface area contributed by atoms with E-state index in [0.29, 0.717) is 16.0 Å². The van der Waals surface area contributed by atoms with Crippen molar-refractivity contribution in [2.75, 3.05) is 0 Å². The molecule has 0 saturated heterocycles. The molecule has 3 nitrogen and oxygen atoms in total. The molecular formula is C13H14N2OS. The third kappa shape index (κ3) is 2.77. The first kappa shape index (κ1) is 11.9. The van der Waals surface area contributed by atoms with Gasteiger partial charge in [0, 0.05) is 0 Å². The number of carbonyl (C=O) groups excluding carboxylic acids is 1. The zero-order valence-corrected chi connectivity index (χ0v) is 10.6. The number of amidine groups is 1. The number of benzene rings is 1.